The summed E-state index contributed by atoms with van der Waals surface area (Å²) in [4.78, 5) is 2.13. The van der Waals surface area contributed by atoms with Crippen LogP contribution in [0.2, 0.25) is 0 Å². The number of benzene rings is 1. The zero-order chi connectivity index (χ0) is 16.7. The molecular weight excluding hydrogens is 441 g/mol. The van der Waals surface area contributed by atoms with Gasteiger partial charge in [0.25, 0.3) is 0 Å². The molecule has 1 unspecified atom stereocenters. The van der Waals surface area contributed by atoms with Crippen LogP contribution >= 0.6 is 33.9 Å². The first-order valence-corrected chi connectivity index (χ1v) is 10.5. The molecular formula is C19H19F2IOS. The maximum atomic E-state index is 14.5. The first-order chi connectivity index (χ1) is 11.6. The Morgan fingerprint density at radius 1 is 1.12 bits per heavy atom. The maximum absolute atomic E-state index is 14.5. The third-order valence-electron chi connectivity index (χ3n) is 5.01. The highest BCUT2D eigenvalue weighted by molar-refractivity contribution is 14.1. The molecule has 128 valence electrons. The fraction of sp³-hybridized carbons (Fsp3) is 0.474. The van der Waals surface area contributed by atoms with Crippen LogP contribution in [0.5, 0.6) is 5.75 Å². The number of halogens is 3. The maximum Gasteiger partial charge on any atom is 0.201 e. The van der Waals surface area contributed by atoms with Crippen molar-refractivity contribution in [3.8, 4) is 16.2 Å². The van der Waals surface area contributed by atoms with Crippen LogP contribution in [0.15, 0.2) is 18.2 Å². The average molecular weight is 460 g/mol. The summed E-state index contributed by atoms with van der Waals surface area (Å²) in [5.74, 6) is -1.12. The van der Waals surface area contributed by atoms with Gasteiger partial charge >= 0.3 is 0 Å². The summed E-state index contributed by atoms with van der Waals surface area (Å²) >= 11 is 4.04. The second-order valence-electron chi connectivity index (χ2n) is 6.77. The largest absolute Gasteiger partial charge is 0.490 e. The topological polar surface area (TPSA) is 9.23 Å². The van der Waals surface area contributed by atoms with E-state index in [1.165, 1.54) is 23.3 Å². The van der Waals surface area contributed by atoms with Crippen molar-refractivity contribution in [3.63, 3.8) is 0 Å². The quantitative estimate of drug-likeness (QED) is 0.392. The van der Waals surface area contributed by atoms with Crippen LogP contribution in [0.1, 0.15) is 36.1 Å². The van der Waals surface area contributed by atoms with E-state index >= 15 is 0 Å². The Morgan fingerprint density at radius 3 is 2.67 bits per heavy atom. The SMILES string of the molecule is Fc1c(OCC2CCCC2)ccc(-c2cc3c(s2)CC(I)C3)c1F. The van der Waals surface area contributed by atoms with Gasteiger partial charge in [-0.1, -0.05) is 35.4 Å². The van der Waals surface area contributed by atoms with Gasteiger partial charge in [0.2, 0.25) is 5.82 Å². The van der Waals surface area contributed by atoms with Crippen LogP contribution in [0.4, 0.5) is 8.78 Å². The van der Waals surface area contributed by atoms with Gasteiger partial charge in [0, 0.05) is 19.2 Å². The fourth-order valence-electron chi connectivity index (χ4n) is 3.67. The predicted molar refractivity (Wildman–Crippen MR) is 102 cm³/mol. The van der Waals surface area contributed by atoms with E-state index in [0.717, 1.165) is 30.6 Å². The molecule has 0 aliphatic heterocycles. The molecule has 2 aromatic rings. The van der Waals surface area contributed by atoms with E-state index in [1.54, 1.807) is 23.5 Å². The van der Waals surface area contributed by atoms with E-state index in [9.17, 15) is 8.78 Å². The van der Waals surface area contributed by atoms with Crippen LogP contribution in [-0.2, 0) is 12.8 Å². The van der Waals surface area contributed by atoms with Gasteiger partial charge < -0.3 is 4.74 Å². The van der Waals surface area contributed by atoms with Crippen molar-refractivity contribution < 1.29 is 13.5 Å². The summed E-state index contributed by atoms with van der Waals surface area (Å²) in [5, 5.41) is 0. The molecule has 1 saturated carbocycles. The molecule has 0 N–H and O–H groups in total. The molecule has 0 spiro atoms. The van der Waals surface area contributed by atoms with Crippen LogP contribution in [0.3, 0.4) is 0 Å². The van der Waals surface area contributed by atoms with Gasteiger partial charge in [0.15, 0.2) is 11.6 Å². The number of rotatable bonds is 4. The molecule has 1 heterocycles. The van der Waals surface area contributed by atoms with Crippen molar-refractivity contribution in [2.24, 2.45) is 5.92 Å². The van der Waals surface area contributed by atoms with Crippen LogP contribution in [-0.4, -0.2) is 10.5 Å². The van der Waals surface area contributed by atoms with Crippen LogP contribution < -0.4 is 4.74 Å². The zero-order valence-electron chi connectivity index (χ0n) is 13.3. The summed E-state index contributed by atoms with van der Waals surface area (Å²) in [6.45, 7) is 0.486. The third-order valence-corrected chi connectivity index (χ3v) is 7.12. The Hall–Kier alpha value is -0.690. The lowest BCUT2D eigenvalue weighted by Crippen LogP contribution is -2.09. The fourth-order valence-corrected chi connectivity index (χ4v) is 6.18. The zero-order valence-corrected chi connectivity index (χ0v) is 16.3. The molecule has 0 amide bonds. The molecule has 2 aliphatic carbocycles. The lowest BCUT2D eigenvalue weighted by atomic mass is 10.1. The van der Waals surface area contributed by atoms with Crippen molar-refractivity contribution in [1.29, 1.82) is 0 Å². The Kier molecular flexibility index (Phi) is 4.82. The molecule has 1 fully saturated rings. The molecule has 1 aromatic carbocycles. The molecule has 5 heteroatoms. The molecule has 1 aromatic heterocycles. The van der Waals surface area contributed by atoms with Gasteiger partial charge in [-0.15, -0.1) is 11.3 Å². The monoisotopic (exact) mass is 460 g/mol. The van der Waals surface area contributed by atoms with E-state index in [0.29, 0.717) is 22.0 Å². The lowest BCUT2D eigenvalue weighted by Gasteiger charge is -2.13. The number of alkyl halides is 1. The summed E-state index contributed by atoms with van der Waals surface area (Å²) in [7, 11) is 0. The first-order valence-electron chi connectivity index (χ1n) is 8.48. The normalized spacial score (nSPS) is 20.5. The number of ether oxygens (including phenoxy) is 1. The lowest BCUT2D eigenvalue weighted by molar-refractivity contribution is 0.239. The van der Waals surface area contributed by atoms with Crippen molar-refractivity contribution >= 4 is 33.9 Å². The van der Waals surface area contributed by atoms with Gasteiger partial charge in [-0.3, -0.25) is 0 Å². The second kappa shape index (κ2) is 6.90. The second-order valence-corrected chi connectivity index (χ2v) is 9.66. The summed E-state index contributed by atoms with van der Waals surface area (Å²) in [6.07, 6.45) is 6.74. The van der Waals surface area contributed by atoms with Crippen molar-refractivity contribution in [2.45, 2.75) is 42.4 Å². The number of hydrogen-bond donors (Lipinski definition) is 0. The molecule has 1 nitrogen and oxygen atoms in total. The van der Waals surface area contributed by atoms with E-state index < -0.39 is 11.6 Å². The van der Waals surface area contributed by atoms with Crippen molar-refractivity contribution in [3.05, 3.63) is 40.3 Å². The van der Waals surface area contributed by atoms with Crippen LogP contribution in [0.25, 0.3) is 10.4 Å². The smallest absolute Gasteiger partial charge is 0.201 e. The van der Waals surface area contributed by atoms with Crippen molar-refractivity contribution in [1.82, 2.24) is 0 Å². The highest BCUT2D eigenvalue weighted by atomic mass is 127. The minimum absolute atomic E-state index is 0.0413. The highest BCUT2D eigenvalue weighted by Crippen LogP contribution is 2.40. The molecule has 0 radical (unpaired) electrons. The molecule has 0 saturated heterocycles. The molecule has 24 heavy (non-hydrogen) atoms. The third kappa shape index (κ3) is 3.21. The molecule has 2 aliphatic rings. The Morgan fingerprint density at radius 2 is 1.92 bits per heavy atom. The molecule has 1 atom stereocenters. The van der Waals surface area contributed by atoms with Gasteiger partial charge in [-0.2, -0.15) is 4.39 Å². The number of fused-ring (bicyclic) bond motifs is 1. The summed E-state index contributed by atoms with van der Waals surface area (Å²) in [5.41, 5.74) is 1.64. The highest BCUT2D eigenvalue weighted by Gasteiger charge is 2.25. The van der Waals surface area contributed by atoms with Crippen molar-refractivity contribution in [2.75, 3.05) is 6.61 Å². The van der Waals surface area contributed by atoms with E-state index in [2.05, 4.69) is 22.6 Å². The Labute approximate surface area is 158 Å². The number of thiophene rings is 1. The van der Waals surface area contributed by atoms with E-state index in [4.69, 9.17) is 4.74 Å². The summed E-state index contributed by atoms with van der Waals surface area (Å²) < 4.78 is 35.1. The van der Waals surface area contributed by atoms with Gasteiger partial charge in [0.1, 0.15) is 0 Å². The molecule has 0 bridgehead atoms. The Balaban J connectivity index is 1.54. The van der Waals surface area contributed by atoms with Gasteiger partial charge in [0.05, 0.1) is 6.61 Å². The first kappa shape index (κ1) is 16.8. The number of hydrogen-bond acceptors (Lipinski definition) is 2. The minimum atomic E-state index is -0.856. The predicted octanol–water partition coefficient (Wildman–Crippen LogP) is 6.16. The van der Waals surface area contributed by atoms with E-state index in [-0.39, 0.29) is 5.75 Å². The standard InChI is InChI=1S/C19H19F2IOS/c20-18-14(17-8-12-7-13(22)9-16(12)24-17)5-6-15(19(18)21)23-10-11-3-1-2-4-11/h5-6,8,11,13H,1-4,7,9-10H2. The Bertz CT molecular complexity index is 729. The van der Waals surface area contributed by atoms with Crippen LogP contribution in [0, 0.1) is 17.6 Å². The minimum Gasteiger partial charge on any atom is -0.490 e. The summed E-state index contributed by atoms with van der Waals surface area (Å²) in [6, 6.07) is 5.26. The van der Waals surface area contributed by atoms with E-state index in [1.807, 2.05) is 6.07 Å². The van der Waals surface area contributed by atoms with Gasteiger partial charge in [-0.05, 0) is 55.4 Å². The molecule has 4 rings (SSSR count). The average Bonchev–Trinajstić information content (AvgIpc) is 3.25. The van der Waals surface area contributed by atoms with Gasteiger partial charge in [-0.25, -0.2) is 4.39 Å².